The van der Waals surface area contributed by atoms with Crippen LogP contribution in [0.4, 0.5) is 0 Å². The maximum atomic E-state index is 5.23. The molecule has 1 saturated heterocycles. The second-order valence-corrected chi connectivity index (χ2v) is 5.60. The molecule has 11 heavy (non-hydrogen) atoms. The van der Waals surface area contributed by atoms with E-state index in [0.717, 1.165) is 18.3 Å². The molecule has 1 aliphatic heterocycles. The molecule has 0 N–H and O–H groups in total. The predicted molar refractivity (Wildman–Crippen MR) is 55.6 cm³/mol. The summed E-state index contributed by atoms with van der Waals surface area (Å²) in [7, 11) is 4.01. The molecule has 0 amide bonds. The van der Waals surface area contributed by atoms with Gasteiger partial charge in [0.1, 0.15) is 0 Å². The average Bonchev–Trinajstić information content (AvgIpc) is 2.03. The van der Waals surface area contributed by atoms with Crippen LogP contribution in [0.25, 0.3) is 0 Å². The summed E-state index contributed by atoms with van der Waals surface area (Å²) in [6.45, 7) is 2.34. The zero-order valence-electron chi connectivity index (χ0n) is 6.88. The Hall–Kier alpha value is 0.260. The minimum atomic E-state index is 0.870. The smallest absolute Gasteiger partial charge is 0.00891 e. The van der Waals surface area contributed by atoms with E-state index in [9.17, 15) is 0 Å². The van der Waals surface area contributed by atoms with Crippen LogP contribution in [0, 0.1) is 24.2 Å². The van der Waals surface area contributed by atoms with E-state index in [1.807, 2.05) is 21.6 Å². The molecule has 0 bridgehead atoms. The summed E-state index contributed by atoms with van der Waals surface area (Å²) in [4.78, 5) is 0. The molecule has 2 heteroatoms. The lowest BCUT2D eigenvalue weighted by atomic mass is 9.93. The first-order valence-corrected chi connectivity index (χ1v) is 6.51. The van der Waals surface area contributed by atoms with E-state index in [1.165, 1.54) is 17.9 Å². The van der Waals surface area contributed by atoms with Crippen LogP contribution in [0.15, 0.2) is 0 Å². The third kappa shape index (κ3) is 3.01. The average molecular weight is 186 g/mol. The second-order valence-electron chi connectivity index (χ2n) is 3.05. The van der Waals surface area contributed by atoms with Gasteiger partial charge in [0.2, 0.25) is 0 Å². The minimum Gasteiger partial charge on any atom is -0.120 e. The number of rotatable bonds is 2. The van der Waals surface area contributed by atoms with Crippen molar-refractivity contribution in [2.75, 3.05) is 11.5 Å². The second kappa shape index (κ2) is 5.00. The topological polar surface area (TPSA) is 0 Å². The molecule has 0 saturated carbocycles. The van der Waals surface area contributed by atoms with Gasteiger partial charge in [0.15, 0.2) is 0 Å². The Kier molecular flexibility index (Phi) is 4.25. The van der Waals surface area contributed by atoms with Gasteiger partial charge in [-0.25, -0.2) is 0 Å². The predicted octanol–water partition coefficient (Wildman–Crippen LogP) is 3.05. The van der Waals surface area contributed by atoms with Crippen LogP contribution in [0.5, 0.6) is 0 Å². The highest BCUT2D eigenvalue weighted by molar-refractivity contribution is 8.76. The van der Waals surface area contributed by atoms with E-state index in [1.54, 1.807) is 0 Å². The van der Waals surface area contributed by atoms with Gasteiger partial charge in [-0.2, -0.15) is 0 Å². The molecule has 0 aliphatic carbocycles. The van der Waals surface area contributed by atoms with Crippen molar-refractivity contribution >= 4 is 21.6 Å². The van der Waals surface area contributed by atoms with Gasteiger partial charge in [-0.1, -0.05) is 28.5 Å². The maximum absolute atomic E-state index is 5.23. The molecule has 0 nitrogen and oxygen atoms in total. The van der Waals surface area contributed by atoms with Gasteiger partial charge >= 0.3 is 0 Å². The van der Waals surface area contributed by atoms with Crippen molar-refractivity contribution in [3.63, 3.8) is 0 Å². The van der Waals surface area contributed by atoms with Crippen LogP contribution < -0.4 is 0 Å². The highest BCUT2D eigenvalue weighted by Crippen LogP contribution is 2.38. The van der Waals surface area contributed by atoms with Gasteiger partial charge in [0, 0.05) is 17.9 Å². The van der Waals surface area contributed by atoms with Crippen LogP contribution >= 0.6 is 21.6 Å². The molecule has 0 aromatic carbocycles. The van der Waals surface area contributed by atoms with Crippen LogP contribution in [-0.4, -0.2) is 11.5 Å². The normalized spacial score (nSPS) is 31.3. The molecule has 2 atom stereocenters. The summed E-state index contributed by atoms with van der Waals surface area (Å²) in [6.07, 6.45) is 7.42. The summed E-state index contributed by atoms with van der Waals surface area (Å²) in [6, 6.07) is 0. The van der Waals surface area contributed by atoms with Crippen molar-refractivity contribution < 1.29 is 0 Å². The van der Waals surface area contributed by atoms with E-state index in [0.29, 0.717) is 0 Å². The zero-order chi connectivity index (χ0) is 8.10. The summed E-state index contributed by atoms with van der Waals surface area (Å²) < 4.78 is 0. The highest BCUT2D eigenvalue weighted by Gasteiger charge is 2.21. The Balaban J connectivity index is 2.25. The first kappa shape index (κ1) is 9.35. The third-order valence-corrected chi connectivity index (χ3v) is 4.87. The summed E-state index contributed by atoms with van der Waals surface area (Å²) >= 11 is 0. The molecule has 0 aromatic heterocycles. The van der Waals surface area contributed by atoms with Gasteiger partial charge in [0.05, 0.1) is 0 Å². The molecule has 62 valence electrons. The molecule has 2 unspecified atom stereocenters. The zero-order valence-corrected chi connectivity index (χ0v) is 8.51. The van der Waals surface area contributed by atoms with Gasteiger partial charge in [-0.05, 0) is 18.3 Å². The Morgan fingerprint density at radius 1 is 1.45 bits per heavy atom. The minimum absolute atomic E-state index is 0.870. The summed E-state index contributed by atoms with van der Waals surface area (Å²) in [5.74, 6) is 7.07. The SMILES string of the molecule is C#CCCC1CSSCC1C. The van der Waals surface area contributed by atoms with Crippen molar-refractivity contribution in [1.29, 1.82) is 0 Å². The van der Waals surface area contributed by atoms with Crippen molar-refractivity contribution in [1.82, 2.24) is 0 Å². The van der Waals surface area contributed by atoms with Gasteiger partial charge < -0.3 is 0 Å². The van der Waals surface area contributed by atoms with E-state index in [2.05, 4.69) is 12.8 Å². The number of terminal acetylenes is 1. The molecule has 0 spiro atoms. The number of hydrogen-bond acceptors (Lipinski definition) is 2. The lowest BCUT2D eigenvalue weighted by molar-refractivity contribution is 0.409. The first-order valence-electron chi connectivity index (χ1n) is 4.02. The Morgan fingerprint density at radius 2 is 2.18 bits per heavy atom. The Labute approximate surface area is 77.3 Å². The fourth-order valence-electron chi connectivity index (χ4n) is 1.23. The van der Waals surface area contributed by atoms with Crippen molar-refractivity contribution in [3.05, 3.63) is 0 Å². The van der Waals surface area contributed by atoms with Gasteiger partial charge in [0.25, 0.3) is 0 Å². The van der Waals surface area contributed by atoms with Crippen LogP contribution in [-0.2, 0) is 0 Å². The van der Waals surface area contributed by atoms with Crippen LogP contribution in [0.3, 0.4) is 0 Å². The molecular formula is C9H14S2. The molecule has 1 heterocycles. The van der Waals surface area contributed by atoms with Crippen molar-refractivity contribution in [2.24, 2.45) is 11.8 Å². The van der Waals surface area contributed by atoms with E-state index in [-0.39, 0.29) is 0 Å². The Bertz CT molecular complexity index is 148. The molecule has 0 radical (unpaired) electrons. The number of hydrogen-bond donors (Lipinski definition) is 0. The van der Waals surface area contributed by atoms with E-state index >= 15 is 0 Å². The molecule has 0 aromatic rings. The summed E-state index contributed by atoms with van der Waals surface area (Å²) in [5.41, 5.74) is 0. The maximum Gasteiger partial charge on any atom is 0.00891 e. The molecule has 1 rings (SSSR count). The van der Waals surface area contributed by atoms with E-state index in [4.69, 9.17) is 6.42 Å². The molecule has 1 aliphatic rings. The lowest BCUT2D eigenvalue weighted by Gasteiger charge is -2.26. The largest absolute Gasteiger partial charge is 0.120 e. The molecule has 1 fully saturated rings. The van der Waals surface area contributed by atoms with E-state index < -0.39 is 0 Å². The lowest BCUT2D eigenvalue weighted by Crippen LogP contribution is -2.19. The van der Waals surface area contributed by atoms with Crippen molar-refractivity contribution in [2.45, 2.75) is 19.8 Å². The first-order chi connectivity index (χ1) is 5.34. The fraction of sp³-hybridized carbons (Fsp3) is 0.778. The third-order valence-electron chi connectivity index (χ3n) is 2.16. The fourth-order valence-corrected chi connectivity index (χ4v) is 4.32. The highest BCUT2D eigenvalue weighted by atomic mass is 33.1. The Morgan fingerprint density at radius 3 is 2.82 bits per heavy atom. The molecular weight excluding hydrogens is 172 g/mol. The standard InChI is InChI=1S/C9H14S2/c1-3-4-5-9-7-11-10-6-8(9)2/h1,8-9H,4-7H2,2H3. The van der Waals surface area contributed by atoms with Crippen LogP contribution in [0.1, 0.15) is 19.8 Å². The van der Waals surface area contributed by atoms with Gasteiger partial charge in [-0.3, -0.25) is 0 Å². The summed E-state index contributed by atoms with van der Waals surface area (Å²) in [5, 5.41) is 0. The van der Waals surface area contributed by atoms with Crippen LogP contribution in [0.2, 0.25) is 0 Å². The monoisotopic (exact) mass is 186 g/mol. The quantitative estimate of drug-likeness (QED) is 0.480. The van der Waals surface area contributed by atoms with Crippen molar-refractivity contribution in [3.8, 4) is 12.3 Å². The van der Waals surface area contributed by atoms with Gasteiger partial charge in [-0.15, -0.1) is 12.3 Å².